The van der Waals surface area contributed by atoms with Crippen molar-refractivity contribution >= 4 is 28.4 Å². The lowest BCUT2D eigenvalue weighted by atomic mass is 9.89. The number of aromatic carboxylic acids is 1. The van der Waals surface area contributed by atoms with Gasteiger partial charge >= 0.3 is 5.97 Å². The Morgan fingerprint density at radius 2 is 1.95 bits per heavy atom. The van der Waals surface area contributed by atoms with Crippen molar-refractivity contribution in [3.05, 3.63) is 11.3 Å². The summed E-state index contributed by atoms with van der Waals surface area (Å²) in [4.78, 5) is 23.5. The number of carbonyl (C=O) groups excluding carboxylic acids is 1. The van der Waals surface area contributed by atoms with Gasteiger partial charge in [0.25, 0.3) is 0 Å². The molecule has 1 amide bonds. The lowest BCUT2D eigenvalue weighted by Crippen LogP contribution is -2.32. The number of amides is 1. The maximum Gasteiger partial charge on any atom is 0.340 e. The van der Waals surface area contributed by atoms with Gasteiger partial charge in [-0.3, -0.25) is 4.79 Å². The fourth-order valence-corrected chi connectivity index (χ4v) is 3.41. The molecule has 0 spiro atoms. The molecule has 2 rings (SSSR count). The first-order valence-electron chi connectivity index (χ1n) is 6.48. The van der Waals surface area contributed by atoms with E-state index in [1.165, 1.54) is 0 Å². The van der Waals surface area contributed by atoms with E-state index in [-0.39, 0.29) is 35.5 Å². The summed E-state index contributed by atoms with van der Waals surface area (Å²) in [5.41, 5.74) is 0.477. The fraction of sp³-hybridized carbons (Fsp3) is 0.615. The summed E-state index contributed by atoms with van der Waals surface area (Å²) in [7, 11) is 0. The van der Waals surface area contributed by atoms with Crippen molar-refractivity contribution in [3.8, 4) is 0 Å². The number of carbonyl (C=O) groups is 2. The molecular weight excluding hydrogens is 280 g/mol. The summed E-state index contributed by atoms with van der Waals surface area (Å²) < 4.78 is 9.62. The molecule has 1 saturated heterocycles. The smallest absolute Gasteiger partial charge is 0.340 e. The zero-order chi connectivity index (χ0) is 15.0. The number of aryl methyl sites for hydroxylation is 1. The predicted octanol–water partition coefficient (Wildman–Crippen LogP) is 2.15. The number of aromatic nitrogens is 1. The highest BCUT2D eigenvalue weighted by atomic mass is 32.1. The molecule has 0 aliphatic carbocycles. The molecule has 1 aliphatic rings. The highest BCUT2D eigenvalue weighted by molar-refractivity contribution is 7.11. The van der Waals surface area contributed by atoms with Gasteiger partial charge in [0.1, 0.15) is 10.6 Å². The third kappa shape index (κ3) is 2.55. The van der Waals surface area contributed by atoms with Gasteiger partial charge in [-0.25, -0.2) is 4.79 Å². The first-order valence-corrected chi connectivity index (χ1v) is 7.26. The summed E-state index contributed by atoms with van der Waals surface area (Å²) in [5.74, 6) is -1.48. The van der Waals surface area contributed by atoms with E-state index in [9.17, 15) is 9.59 Å². The Hall–Kier alpha value is -1.47. The molecule has 2 N–H and O–H groups in total. The Labute approximate surface area is 121 Å². The summed E-state index contributed by atoms with van der Waals surface area (Å²) in [6, 6.07) is 0. The number of nitrogens with one attached hydrogen (secondary N) is 1. The Kier molecular flexibility index (Phi) is 4.10. The maximum atomic E-state index is 12.4. The molecule has 4 atom stereocenters. The molecule has 4 unspecified atom stereocenters. The van der Waals surface area contributed by atoms with Crippen molar-refractivity contribution < 1.29 is 19.4 Å². The van der Waals surface area contributed by atoms with Gasteiger partial charge in [0, 0.05) is 0 Å². The number of hydrogen-bond acceptors (Lipinski definition) is 5. The van der Waals surface area contributed by atoms with Gasteiger partial charge in [0.15, 0.2) is 0 Å². The number of carboxylic acids is 1. The molecule has 0 radical (unpaired) electrons. The molecule has 2 heterocycles. The molecule has 1 aliphatic heterocycles. The molecule has 7 heteroatoms. The topological polar surface area (TPSA) is 88.5 Å². The number of ether oxygens (including phenoxy) is 1. The Morgan fingerprint density at radius 1 is 1.30 bits per heavy atom. The lowest BCUT2D eigenvalue weighted by Gasteiger charge is -2.17. The van der Waals surface area contributed by atoms with Crippen molar-refractivity contribution in [1.29, 1.82) is 0 Å². The van der Waals surface area contributed by atoms with Crippen molar-refractivity contribution in [2.45, 2.75) is 39.9 Å². The van der Waals surface area contributed by atoms with Gasteiger partial charge in [-0.2, -0.15) is 4.37 Å². The number of anilines is 1. The average molecular weight is 298 g/mol. The Bertz CT molecular complexity index is 542. The van der Waals surface area contributed by atoms with Gasteiger partial charge in [-0.1, -0.05) is 6.92 Å². The fourth-order valence-electron chi connectivity index (χ4n) is 2.62. The van der Waals surface area contributed by atoms with Crippen molar-refractivity contribution in [2.75, 3.05) is 5.32 Å². The highest BCUT2D eigenvalue weighted by Crippen LogP contribution is 2.34. The van der Waals surface area contributed by atoms with Crippen LogP contribution in [0, 0.1) is 18.8 Å². The van der Waals surface area contributed by atoms with E-state index in [2.05, 4.69) is 9.69 Å². The van der Waals surface area contributed by atoms with E-state index in [4.69, 9.17) is 9.84 Å². The van der Waals surface area contributed by atoms with Crippen molar-refractivity contribution in [3.63, 3.8) is 0 Å². The second kappa shape index (κ2) is 5.49. The molecule has 110 valence electrons. The maximum absolute atomic E-state index is 12.4. The van der Waals surface area contributed by atoms with Crippen LogP contribution in [0.25, 0.3) is 0 Å². The van der Waals surface area contributed by atoms with Gasteiger partial charge < -0.3 is 15.2 Å². The predicted molar refractivity (Wildman–Crippen MR) is 75.1 cm³/mol. The minimum Gasteiger partial charge on any atom is -0.478 e. The average Bonchev–Trinajstić information content (AvgIpc) is 2.81. The molecule has 1 aromatic heterocycles. The quantitative estimate of drug-likeness (QED) is 0.892. The van der Waals surface area contributed by atoms with E-state index in [0.29, 0.717) is 10.7 Å². The van der Waals surface area contributed by atoms with E-state index in [0.717, 1.165) is 11.5 Å². The molecule has 20 heavy (non-hydrogen) atoms. The van der Waals surface area contributed by atoms with Crippen LogP contribution in [0.2, 0.25) is 0 Å². The minimum atomic E-state index is -1.08. The Morgan fingerprint density at radius 3 is 2.45 bits per heavy atom. The molecule has 0 aromatic carbocycles. The van der Waals surface area contributed by atoms with Crippen LogP contribution in [0.1, 0.15) is 36.8 Å². The second-order valence-corrected chi connectivity index (χ2v) is 5.97. The third-order valence-electron chi connectivity index (χ3n) is 3.86. The third-order valence-corrected chi connectivity index (χ3v) is 4.71. The van der Waals surface area contributed by atoms with Crippen LogP contribution < -0.4 is 5.32 Å². The highest BCUT2D eigenvalue weighted by Gasteiger charge is 2.42. The van der Waals surface area contributed by atoms with Crippen LogP contribution in [-0.4, -0.2) is 33.6 Å². The monoisotopic (exact) mass is 298 g/mol. The first kappa shape index (κ1) is 14.9. The summed E-state index contributed by atoms with van der Waals surface area (Å²) >= 11 is 0.991. The number of hydrogen-bond donors (Lipinski definition) is 2. The van der Waals surface area contributed by atoms with Gasteiger partial charge in [0.05, 0.1) is 23.8 Å². The van der Waals surface area contributed by atoms with Crippen LogP contribution in [0.5, 0.6) is 0 Å². The van der Waals surface area contributed by atoms with Crippen LogP contribution >= 0.6 is 11.5 Å². The standard InChI is InChI=1S/C13H18N2O4S/c1-5-7(3)19-8(4)9(5)11(16)14-12-10(13(17)18)6(2)15-20-12/h5,7-9H,1-4H3,(H,14,16)(H,17,18). The van der Waals surface area contributed by atoms with Crippen LogP contribution in [0.3, 0.4) is 0 Å². The number of rotatable bonds is 3. The van der Waals surface area contributed by atoms with Gasteiger partial charge in [0.2, 0.25) is 5.91 Å². The molecule has 1 aromatic rings. The molecule has 0 bridgehead atoms. The zero-order valence-corrected chi connectivity index (χ0v) is 12.7. The number of carboxylic acid groups (broad SMARTS) is 1. The van der Waals surface area contributed by atoms with Crippen LogP contribution in [0.15, 0.2) is 0 Å². The largest absolute Gasteiger partial charge is 0.478 e. The van der Waals surface area contributed by atoms with Crippen molar-refractivity contribution in [2.24, 2.45) is 11.8 Å². The van der Waals surface area contributed by atoms with Gasteiger partial charge in [-0.05, 0) is 38.2 Å². The molecular formula is C13H18N2O4S. The van der Waals surface area contributed by atoms with E-state index in [1.807, 2.05) is 20.8 Å². The normalized spacial score (nSPS) is 29.4. The van der Waals surface area contributed by atoms with Crippen molar-refractivity contribution in [1.82, 2.24) is 4.37 Å². The van der Waals surface area contributed by atoms with Crippen LogP contribution in [-0.2, 0) is 9.53 Å². The van der Waals surface area contributed by atoms with E-state index < -0.39 is 5.97 Å². The Balaban J connectivity index is 2.19. The van der Waals surface area contributed by atoms with E-state index in [1.54, 1.807) is 6.92 Å². The molecule has 6 nitrogen and oxygen atoms in total. The summed E-state index contributed by atoms with van der Waals surface area (Å²) in [6.07, 6.45) is -0.162. The molecule has 1 fully saturated rings. The number of nitrogens with zero attached hydrogens (tertiary/aromatic N) is 1. The summed E-state index contributed by atoms with van der Waals surface area (Å²) in [5, 5.41) is 12.1. The SMILES string of the molecule is Cc1nsc(NC(=O)C2C(C)OC(C)C2C)c1C(=O)O. The second-order valence-electron chi connectivity index (χ2n) is 5.20. The van der Waals surface area contributed by atoms with Gasteiger partial charge in [-0.15, -0.1) is 0 Å². The van der Waals surface area contributed by atoms with Crippen LogP contribution in [0.4, 0.5) is 5.00 Å². The minimum absolute atomic E-state index is 0.0166. The zero-order valence-electron chi connectivity index (χ0n) is 11.8. The summed E-state index contributed by atoms with van der Waals surface area (Å²) in [6.45, 7) is 7.38. The molecule has 0 saturated carbocycles. The lowest BCUT2D eigenvalue weighted by molar-refractivity contribution is -0.121. The van der Waals surface area contributed by atoms with E-state index >= 15 is 0 Å². The first-order chi connectivity index (χ1) is 9.32.